The van der Waals surface area contributed by atoms with Crippen molar-refractivity contribution in [3.8, 4) is 11.4 Å². The minimum Gasteiger partial charge on any atom is -0.444 e. The van der Waals surface area contributed by atoms with Crippen LogP contribution in [0.15, 0.2) is 48.5 Å². The summed E-state index contributed by atoms with van der Waals surface area (Å²) < 4.78 is 35.4. The van der Waals surface area contributed by atoms with E-state index in [0.717, 1.165) is 23.8 Å². The molecule has 1 unspecified atom stereocenters. The molecule has 0 aliphatic rings. The zero-order valence-corrected chi connectivity index (χ0v) is 19.8. The highest BCUT2D eigenvalue weighted by Gasteiger charge is 2.34. The van der Waals surface area contributed by atoms with Gasteiger partial charge in [0.1, 0.15) is 17.2 Å². The summed E-state index contributed by atoms with van der Waals surface area (Å²) >= 11 is 0. The first-order chi connectivity index (χ1) is 15.3. The summed E-state index contributed by atoms with van der Waals surface area (Å²) in [5.41, 5.74) is -0.274. The Bertz CT molecular complexity index is 1120. The van der Waals surface area contributed by atoms with Crippen LogP contribution in [-0.2, 0) is 11.3 Å². The average Bonchev–Trinajstić information content (AvgIpc) is 3.09. The molecule has 1 heterocycles. The summed E-state index contributed by atoms with van der Waals surface area (Å²) in [7, 11) is 0. The van der Waals surface area contributed by atoms with Gasteiger partial charge in [0.25, 0.3) is 0 Å². The van der Waals surface area contributed by atoms with Crippen molar-refractivity contribution in [2.45, 2.75) is 59.7 Å². The highest BCUT2D eigenvalue weighted by atomic mass is 19.1. The van der Waals surface area contributed by atoms with E-state index in [1.165, 1.54) is 0 Å². The van der Waals surface area contributed by atoms with Crippen LogP contribution in [0.5, 0.6) is 0 Å². The van der Waals surface area contributed by atoms with Crippen molar-refractivity contribution in [1.29, 1.82) is 0 Å². The SMILES string of the molecule is CC(C)(C)OC(=O)NC(c1nc(-c2cc(F)ccc2F)nn1Cc1ccccc1)C(C)(C)C. The van der Waals surface area contributed by atoms with E-state index in [0.29, 0.717) is 12.4 Å². The van der Waals surface area contributed by atoms with Gasteiger partial charge in [0.2, 0.25) is 0 Å². The van der Waals surface area contributed by atoms with E-state index in [1.807, 2.05) is 51.1 Å². The third-order valence-electron chi connectivity index (χ3n) is 4.83. The number of nitrogens with zero attached hydrogens (tertiary/aromatic N) is 3. The molecule has 0 bridgehead atoms. The third kappa shape index (κ3) is 6.37. The van der Waals surface area contributed by atoms with E-state index in [9.17, 15) is 13.6 Å². The molecule has 0 saturated carbocycles. The van der Waals surface area contributed by atoms with Gasteiger partial charge in [0, 0.05) is 0 Å². The van der Waals surface area contributed by atoms with Crippen LogP contribution >= 0.6 is 0 Å². The van der Waals surface area contributed by atoms with Gasteiger partial charge < -0.3 is 10.1 Å². The van der Waals surface area contributed by atoms with Crippen LogP contribution in [0, 0.1) is 17.0 Å². The molecular formula is C25H30F2N4O2. The summed E-state index contributed by atoms with van der Waals surface area (Å²) in [5.74, 6) is -0.770. The zero-order valence-electron chi connectivity index (χ0n) is 19.8. The molecule has 3 rings (SSSR count). The molecule has 2 aromatic carbocycles. The fourth-order valence-electron chi connectivity index (χ4n) is 3.32. The first-order valence-electron chi connectivity index (χ1n) is 10.8. The molecule has 33 heavy (non-hydrogen) atoms. The number of hydrogen-bond acceptors (Lipinski definition) is 4. The second kappa shape index (κ2) is 9.29. The molecule has 3 aromatic rings. The van der Waals surface area contributed by atoms with Crippen LogP contribution in [0.4, 0.5) is 13.6 Å². The average molecular weight is 457 g/mol. The monoisotopic (exact) mass is 456 g/mol. The molecule has 1 aromatic heterocycles. The van der Waals surface area contributed by atoms with Crippen LogP contribution in [0.3, 0.4) is 0 Å². The second-order valence-electron chi connectivity index (χ2n) is 10.0. The van der Waals surface area contributed by atoms with Gasteiger partial charge in [-0.1, -0.05) is 51.1 Å². The lowest BCUT2D eigenvalue weighted by molar-refractivity contribution is 0.0455. The molecule has 1 N–H and O–H groups in total. The summed E-state index contributed by atoms with van der Waals surface area (Å²) in [6.07, 6.45) is -0.602. The van der Waals surface area contributed by atoms with Crippen molar-refractivity contribution >= 4 is 6.09 Å². The minimum atomic E-state index is -0.680. The van der Waals surface area contributed by atoms with Crippen LogP contribution in [-0.4, -0.2) is 26.5 Å². The standard InChI is InChI=1S/C25H30F2N4O2/c1-24(2,3)20(28-23(32)33-25(4,5)6)22-29-21(18-14-17(26)12-13-19(18)27)30-31(22)15-16-10-8-7-9-11-16/h7-14,20H,15H2,1-6H3,(H,28,32). The highest BCUT2D eigenvalue weighted by Crippen LogP contribution is 2.34. The van der Waals surface area contributed by atoms with Crippen LogP contribution < -0.4 is 5.32 Å². The molecule has 176 valence electrons. The molecule has 1 atom stereocenters. The number of nitrogens with one attached hydrogen (secondary N) is 1. The Morgan fingerprint density at radius 3 is 2.33 bits per heavy atom. The fourth-order valence-corrected chi connectivity index (χ4v) is 3.32. The van der Waals surface area contributed by atoms with Crippen molar-refractivity contribution in [2.24, 2.45) is 5.41 Å². The number of rotatable bonds is 5. The van der Waals surface area contributed by atoms with Gasteiger partial charge in [0.15, 0.2) is 11.6 Å². The first kappa shape index (κ1) is 24.4. The minimum absolute atomic E-state index is 0.0400. The second-order valence-corrected chi connectivity index (χ2v) is 10.0. The molecule has 0 spiro atoms. The van der Waals surface area contributed by atoms with Gasteiger partial charge in [-0.05, 0) is 49.9 Å². The van der Waals surface area contributed by atoms with Gasteiger partial charge in [-0.2, -0.15) is 5.10 Å². The smallest absolute Gasteiger partial charge is 0.408 e. The maximum atomic E-state index is 14.5. The van der Waals surface area contributed by atoms with Crippen LogP contribution in [0.25, 0.3) is 11.4 Å². The number of amides is 1. The summed E-state index contributed by atoms with van der Waals surface area (Å²) in [6.45, 7) is 11.5. The number of carbonyl (C=O) groups is 1. The molecule has 0 saturated heterocycles. The highest BCUT2D eigenvalue weighted by molar-refractivity contribution is 5.68. The predicted octanol–water partition coefficient (Wildman–Crippen LogP) is 5.88. The number of hydrogen-bond donors (Lipinski definition) is 1. The fraction of sp³-hybridized carbons (Fsp3) is 0.400. The number of ether oxygens (including phenoxy) is 1. The Morgan fingerprint density at radius 2 is 1.73 bits per heavy atom. The van der Waals surface area contributed by atoms with Crippen molar-refractivity contribution in [2.75, 3.05) is 0 Å². The first-order valence-corrected chi connectivity index (χ1v) is 10.8. The lowest BCUT2D eigenvalue weighted by atomic mass is 9.86. The molecule has 8 heteroatoms. The largest absolute Gasteiger partial charge is 0.444 e. The lowest BCUT2D eigenvalue weighted by Crippen LogP contribution is -2.41. The lowest BCUT2D eigenvalue weighted by Gasteiger charge is -2.31. The van der Waals surface area contributed by atoms with Gasteiger partial charge in [0.05, 0.1) is 18.2 Å². The Balaban J connectivity index is 2.10. The molecular weight excluding hydrogens is 426 g/mol. The molecule has 0 fully saturated rings. The zero-order chi connectivity index (χ0) is 24.4. The molecule has 0 aliphatic heterocycles. The van der Waals surface area contributed by atoms with Gasteiger partial charge >= 0.3 is 6.09 Å². The maximum absolute atomic E-state index is 14.5. The number of halogens is 2. The van der Waals surface area contributed by atoms with E-state index in [2.05, 4.69) is 15.4 Å². The summed E-state index contributed by atoms with van der Waals surface area (Å²) in [5, 5.41) is 7.40. The van der Waals surface area contributed by atoms with Crippen LogP contribution in [0.1, 0.15) is 59.0 Å². The number of carbonyl (C=O) groups excluding carboxylic acids is 1. The van der Waals surface area contributed by atoms with Crippen molar-refractivity contribution in [3.63, 3.8) is 0 Å². The predicted molar refractivity (Wildman–Crippen MR) is 122 cm³/mol. The van der Waals surface area contributed by atoms with E-state index >= 15 is 0 Å². The quantitative estimate of drug-likeness (QED) is 0.520. The van der Waals surface area contributed by atoms with E-state index in [4.69, 9.17) is 4.74 Å². The van der Waals surface area contributed by atoms with E-state index in [1.54, 1.807) is 25.5 Å². The van der Waals surface area contributed by atoms with Crippen LogP contribution in [0.2, 0.25) is 0 Å². The van der Waals surface area contributed by atoms with Crippen molar-refractivity contribution < 1.29 is 18.3 Å². The van der Waals surface area contributed by atoms with E-state index < -0.39 is 34.8 Å². The van der Waals surface area contributed by atoms with Gasteiger partial charge in [-0.3, -0.25) is 0 Å². The van der Waals surface area contributed by atoms with Gasteiger partial charge in [-0.15, -0.1) is 0 Å². The Morgan fingerprint density at radius 1 is 1.06 bits per heavy atom. The summed E-state index contributed by atoms with van der Waals surface area (Å²) in [6, 6.07) is 12.1. The normalized spacial score (nSPS) is 13.0. The van der Waals surface area contributed by atoms with Gasteiger partial charge in [-0.25, -0.2) is 23.2 Å². The Kier molecular flexibility index (Phi) is 6.86. The number of aromatic nitrogens is 3. The summed E-state index contributed by atoms with van der Waals surface area (Å²) in [4.78, 5) is 17.2. The Hall–Kier alpha value is -3.29. The molecule has 0 radical (unpaired) electrons. The topological polar surface area (TPSA) is 69.0 Å². The number of benzene rings is 2. The van der Waals surface area contributed by atoms with E-state index in [-0.39, 0.29) is 11.4 Å². The number of alkyl carbamates (subject to hydrolysis) is 1. The molecule has 1 amide bonds. The Labute approximate surface area is 193 Å². The molecule has 0 aliphatic carbocycles. The van der Waals surface area contributed by atoms with Crippen molar-refractivity contribution in [3.05, 3.63) is 71.6 Å². The maximum Gasteiger partial charge on any atom is 0.408 e. The molecule has 6 nitrogen and oxygen atoms in total. The third-order valence-corrected chi connectivity index (χ3v) is 4.83. The van der Waals surface area contributed by atoms with Crippen molar-refractivity contribution in [1.82, 2.24) is 20.1 Å².